The molecule has 1 aromatic carbocycles. The zero-order valence-electron chi connectivity index (χ0n) is 12.6. The van der Waals surface area contributed by atoms with E-state index in [-0.39, 0.29) is 0 Å². The van der Waals surface area contributed by atoms with Gasteiger partial charge in [0.05, 0.1) is 6.20 Å². The number of rotatable bonds is 4. The SMILES string of the molecule is Cc1ccc(C)c(CN2CC(Cn3cc(C)cn3)C2)c1. The van der Waals surface area contributed by atoms with Crippen LogP contribution in [0.4, 0.5) is 0 Å². The quantitative estimate of drug-likeness (QED) is 0.851. The molecule has 1 aliphatic rings. The second-order valence-electron chi connectivity index (χ2n) is 6.23. The standard InChI is InChI=1S/C17H23N3/c1-13-4-5-15(3)17(6-13)12-19-9-16(10-19)11-20-8-14(2)7-18-20/h4-8,16H,9-12H2,1-3H3. The largest absolute Gasteiger partial charge is 0.298 e. The molecule has 3 rings (SSSR count). The van der Waals surface area contributed by atoms with Crippen LogP contribution < -0.4 is 0 Å². The van der Waals surface area contributed by atoms with Crippen LogP contribution in [0.5, 0.6) is 0 Å². The Morgan fingerprint density at radius 2 is 1.95 bits per heavy atom. The van der Waals surface area contributed by atoms with E-state index in [2.05, 4.69) is 59.8 Å². The van der Waals surface area contributed by atoms with E-state index in [0.717, 1.165) is 19.0 Å². The van der Waals surface area contributed by atoms with Crippen LogP contribution in [-0.2, 0) is 13.1 Å². The van der Waals surface area contributed by atoms with Gasteiger partial charge in [0.25, 0.3) is 0 Å². The molecule has 0 bridgehead atoms. The summed E-state index contributed by atoms with van der Waals surface area (Å²) in [6.07, 6.45) is 4.07. The highest BCUT2D eigenvalue weighted by atomic mass is 15.3. The van der Waals surface area contributed by atoms with Crippen molar-refractivity contribution in [3.05, 3.63) is 52.8 Å². The van der Waals surface area contributed by atoms with Crippen LogP contribution in [0.15, 0.2) is 30.6 Å². The summed E-state index contributed by atoms with van der Waals surface area (Å²) < 4.78 is 2.08. The first-order valence-corrected chi connectivity index (χ1v) is 7.37. The van der Waals surface area contributed by atoms with Gasteiger partial charge in [-0.15, -0.1) is 0 Å². The van der Waals surface area contributed by atoms with Gasteiger partial charge in [-0.25, -0.2) is 0 Å². The molecule has 0 unspecified atom stereocenters. The molecule has 0 spiro atoms. The van der Waals surface area contributed by atoms with Gasteiger partial charge >= 0.3 is 0 Å². The van der Waals surface area contributed by atoms with E-state index >= 15 is 0 Å². The lowest BCUT2D eigenvalue weighted by atomic mass is 9.97. The van der Waals surface area contributed by atoms with Crippen molar-refractivity contribution in [1.29, 1.82) is 0 Å². The fourth-order valence-electron chi connectivity index (χ4n) is 2.96. The Kier molecular flexibility index (Phi) is 3.62. The average Bonchev–Trinajstić information content (AvgIpc) is 2.76. The van der Waals surface area contributed by atoms with Gasteiger partial charge in [-0.2, -0.15) is 5.10 Å². The molecule has 0 atom stereocenters. The van der Waals surface area contributed by atoms with Crippen LogP contribution in [0.1, 0.15) is 22.3 Å². The van der Waals surface area contributed by atoms with Crippen LogP contribution in [0.3, 0.4) is 0 Å². The van der Waals surface area contributed by atoms with Crippen molar-refractivity contribution in [1.82, 2.24) is 14.7 Å². The van der Waals surface area contributed by atoms with Crippen LogP contribution in [0.2, 0.25) is 0 Å². The molecular formula is C17H23N3. The molecule has 0 radical (unpaired) electrons. The minimum Gasteiger partial charge on any atom is -0.298 e. The lowest BCUT2D eigenvalue weighted by molar-refractivity contribution is 0.0776. The van der Waals surface area contributed by atoms with Gasteiger partial charge in [-0.05, 0) is 37.5 Å². The normalized spacial score (nSPS) is 16.4. The van der Waals surface area contributed by atoms with E-state index in [4.69, 9.17) is 0 Å². The Hall–Kier alpha value is -1.61. The molecule has 20 heavy (non-hydrogen) atoms. The lowest BCUT2D eigenvalue weighted by Gasteiger charge is -2.39. The second kappa shape index (κ2) is 5.41. The molecule has 1 aliphatic heterocycles. The van der Waals surface area contributed by atoms with Crippen molar-refractivity contribution < 1.29 is 0 Å². The Labute approximate surface area is 121 Å². The molecule has 106 valence electrons. The minimum atomic E-state index is 0.749. The predicted octanol–water partition coefficient (Wildman–Crippen LogP) is 2.94. The van der Waals surface area contributed by atoms with Gasteiger partial charge in [-0.1, -0.05) is 23.8 Å². The number of aromatic nitrogens is 2. The maximum atomic E-state index is 4.37. The highest BCUT2D eigenvalue weighted by molar-refractivity contribution is 5.30. The summed E-state index contributed by atoms with van der Waals surface area (Å²) in [5.41, 5.74) is 5.48. The summed E-state index contributed by atoms with van der Waals surface area (Å²) in [6, 6.07) is 6.74. The Morgan fingerprint density at radius 3 is 2.65 bits per heavy atom. The molecule has 0 amide bonds. The summed E-state index contributed by atoms with van der Waals surface area (Å²) in [7, 11) is 0. The molecule has 2 aromatic rings. The smallest absolute Gasteiger partial charge is 0.0518 e. The van der Waals surface area contributed by atoms with Crippen molar-refractivity contribution in [2.45, 2.75) is 33.9 Å². The van der Waals surface area contributed by atoms with Crippen LogP contribution in [-0.4, -0.2) is 27.8 Å². The van der Waals surface area contributed by atoms with Gasteiger partial charge in [0.1, 0.15) is 0 Å². The van der Waals surface area contributed by atoms with E-state index in [9.17, 15) is 0 Å². The molecule has 0 aliphatic carbocycles. The number of hydrogen-bond acceptors (Lipinski definition) is 2. The Balaban J connectivity index is 1.52. The number of likely N-dealkylation sites (tertiary alicyclic amines) is 1. The van der Waals surface area contributed by atoms with E-state index < -0.39 is 0 Å². The zero-order valence-corrected chi connectivity index (χ0v) is 12.6. The summed E-state index contributed by atoms with van der Waals surface area (Å²) in [5.74, 6) is 0.749. The molecule has 1 aromatic heterocycles. The maximum Gasteiger partial charge on any atom is 0.0518 e. The fourth-order valence-corrected chi connectivity index (χ4v) is 2.96. The number of aryl methyl sites for hydroxylation is 3. The fraction of sp³-hybridized carbons (Fsp3) is 0.471. The number of nitrogens with zero attached hydrogens (tertiary/aromatic N) is 3. The number of hydrogen-bond donors (Lipinski definition) is 0. The first-order chi connectivity index (χ1) is 9.60. The third kappa shape index (κ3) is 2.93. The van der Waals surface area contributed by atoms with E-state index in [1.54, 1.807) is 0 Å². The second-order valence-corrected chi connectivity index (χ2v) is 6.23. The van der Waals surface area contributed by atoms with E-state index in [0.29, 0.717) is 0 Å². The third-order valence-electron chi connectivity index (χ3n) is 4.14. The molecule has 3 nitrogen and oxygen atoms in total. The predicted molar refractivity (Wildman–Crippen MR) is 81.6 cm³/mol. The molecule has 0 N–H and O–H groups in total. The van der Waals surface area contributed by atoms with Gasteiger partial charge in [0.2, 0.25) is 0 Å². The van der Waals surface area contributed by atoms with Gasteiger partial charge in [0, 0.05) is 38.3 Å². The molecule has 2 heterocycles. The number of benzene rings is 1. The van der Waals surface area contributed by atoms with Gasteiger partial charge < -0.3 is 0 Å². The van der Waals surface area contributed by atoms with E-state index in [1.165, 1.54) is 35.3 Å². The maximum absolute atomic E-state index is 4.37. The third-order valence-corrected chi connectivity index (χ3v) is 4.14. The van der Waals surface area contributed by atoms with Crippen LogP contribution in [0.25, 0.3) is 0 Å². The molecule has 0 saturated carbocycles. The molecule has 3 heteroatoms. The van der Waals surface area contributed by atoms with Crippen molar-refractivity contribution in [3.8, 4) is 0 Å². The summed E-state index contributed by atoms with van der Waals surface area (Å²) in [5, 5.41) is 4.37. The summed E-state index contributed by atoms with van der Waals surface area (Å²) >= 11 is 0. The Morgan fingerprint density at radius 1 is 1.15 bits per heavy atom. The van der Waals surface area contributed by atoms with Crippen molar-refractivity contribution in [2.24, 2.45) is 5.92 Å². The topological polar surface area (TPSA) is 21.1 Å². The first kappa shape index (κ1) is 13.4. The summed E-state index contributed by atoms with van der Waals surface area (Å²) in [4.78, 5) is 2.53. The minimum absolute atomic E-state index is 0.749. The first-order valence-electron chi connectivity index (χ1n) is 7.37. The van der Waals surface area contributed by atoms with Crippen LogP contribution >= 0.6 is 0 Å². The molecular weight excluding hydrogens is 246 g/mol. The van der Waals surface area contributed by atoms with Crippen molar-refractivity contribution >= 4 is 0 Å². The zero-order chi connectivity index (χ0) is 14.1. The average molecular weight is 269 g/mol. The van der Waals surface area contributed by atoms with Gasteiger partial charge in [-0.3, -0.25) is 9.58 Å². The molecule has 1 saturated heterocycles. The summed E-state index contributed by atoms with van der Waals surface area (Å²) in [6.45, 7) is 11.0. The van der Waals surface area contributed by atoms with Crippen molar-refractivity contribution in [3.63, 3.8) is 0 Å². The highest BCUT2D eigenvalue weighted by Gasteiger charge is 2.27. The highest BCUT2D eigenvalue weighted by Crippen LogP contribution is 2.22. The Bertz CT molecular complexity index is 594. The van der Waals surface area contributed by atoms with Crippen molar-refractivity contribution in [2.75, 3.05) is 13.1 Å². The van der Waals surface area contributed by atoms with Gasteiger partial charge in [0.15, 0.2) is 0 Å². The van der Waals surface area contributed by atoms with E-state index in [1.807, 2.05) is 6.20 Å². The van der Waals surface area contributed by atoms with Crippen LogP contribution in [0, 0.1) is 26.7 Å². The lowest BCUT2D eigenvalue weighted by Crippen LogP contribution is -2.47. The molecule has 1 fully saturated rings. The monoisotopic (exact) mass is 269 g/mol.